The number of hydrogen-bond acceptors (Lipinski definition) is 2. The molecular formula is C16H20GeO2. The quantitative estimate of drug-likeness (QED) is 0.762. The molecule has 2 aromatic carbocycles. The summed E-state index contributed by atoms with van der Waals surface area (Å²) in [5.41, 5.74) is 0. The van der Waals surface area contributed by atoms with Crippen molar-refractivity contribution in [2.45, 2.75) is 13.8 Å². The van der Waals surface area contributed by atoms with E-state index in [4.69, 9.17) is 7.53 Å². The van der Waals surface area contributed by atoms with Crippen LogP contribution in [0.3, 0.4) is 0 Å². The van der Waals surface area contributed by atoms with Crippen molar-refractivity contribution in [2.75, 3.05) is 13.2 Å². The Bertz CT molecular complexity index is 437. The Labute approximate surface area is 118 Å². The third-order valence-electron chi connectivity index (χ3n) is 3.00. The molecule has 100 valence electrons. The molecule has 19 heavy (non-hydrogen) atoms. The summed E-state index contributed by atoms with van der Waals surface area (Å²) in [4.78, 5) is 0. The predicted molar refractivity (Wildman–Crippen MR) is 81.2 cm³/mol. The van der Waals surface area contributed by atoms with Gasteiger partial charge >= 0.3 is 118 Å². The van der Waals surface area contributed by atoms with Gasteiger partial charge < -0.3 is 0 Å². The van der Waals surface area contributed by atoms with Gasteiger partial charge in [0.15, 0.2) is 0 Å². The SMILES string of the molecule is CC[O][Ge]([O]CC)([c]1ccccc1)[c]1ccccc1. The van der Waals surface area contributed by atoms with Crippen LogP contribution in [0.25, 0.3) is 0 Å². The molecule has 0 saturated heterocycles. The maximum atomic E-state index is 6.21. The van der Waals surface area contributed by atoms with E-state index in [1.54, 1.807) is 0 Å². The molecule has 0 fully saturated rings. The summed E-state index contributed by atoms with van der Waals surface area (Å²) in [5, 5.41) is 0. The molecule has 3 heteroatoms. The van der Waals surface area contributed by atoms with Gasteiger partial charge in [0.25, 0.3) is 0 Å². The van der Waals surface area contributed by atoms with E-state index in [2.05, 4.69) is 48.5 Å². The molecular weight excluding hydrogens is 297 g/mol. The Kier molecular flexibility index (Phi) is 5.19. The van der Waals surface area contributed by atoms with Crippen molar-refractivity contribution in [3.63, 3.8) is 0 Å². The molecule has 0 unspecified atom stereocenters. The third-order valence-corrected chi connectivity index (χ3v) is 10.5. The molecule has 0 aliphatic carbocycles. The van der Waals surface area contributed by atoms with Crippen molar-refractivity contribution in [1.82, 2.24) is 0 Å². The molecule has 0 atom stereocenters. The predicted octanol–water partition coefficient (Wildman–Crippen LogP) is 2.32. The molecule has 0 heterocycles. The van der Waals surface area contributed by atoms with Crippen molar-refractivity contribution in [1.29, 1.82) is 0 Å². The van der Waals surface area contributed by atoms with Crippen LogP contribution in [0.1, 0.15) is 13.8 Å². The summed E-state index contributed by atoms with van der Waals surface area (Å²) >= 11 is -3.15. The molecule has 0 aliphatic heterocycles. The van der Waals surface area contributed by atoms with Gasteiger partial charge in [-0.15, -0.1) is 0 Å². The first-order valence-corrected chi connectivity index (χ1v) is 10.5. The van der Waals surface area contributed by atoms with Crippen LogP contribution in [-0.2, 0) is 7.53 Å². The second-order valence-electron chi connectivity index (χ2n) is 4.21. The molecule has 0 N–H and O–H groups in total. The summed E-state index contributed by atoms with van der Waals surface area (Å²) < 4.78 is 14.8. The Morgan fingerprint density at radius 2 is 1.05 bits per heavy atom. The number of benzene rings is 2. The van der Waals surface area contributed by atoms with Crippen molar-refractivity contribution in [3.8, 4) is 0 Å². The van der Waals surface area contributed by atoms with Gasteiger partial charge in [0.05, 0.1) is 0 Å². The first-order valence-electron chi connectivity index (χ1n) is 6.72. The minimum absolute atomic E-state index is 0.670. The van der Waals surface area contributed by atoms with Gasteiger partial charge in [0.2, 0.25) is 0 Å². The van der Waals surface area contributed by atoms with Crippen LogP contribution < -0.4 is 8.79 Å². The number of hydrogen-bond donors (Lipinski definition) is 0. The molecule has 0 aliphatic rings. The zero-order valence-corrected chi connectivity index (χ0v) is 13.6. The Morgan fingerprint density at radius 1 is 0.684 bits per heavy atom. The Balaban J connectivity index is 2.54. The van der Waals surface area contributed by atoms with E-state index >= 15 is 0 Å². The number of rotatable bonds is 6. The minimum atomic E-state index is -3.15. The van der Waals surface area contributed by atoms with Gasteiger partial charge in [-0.05, 0) is 0 Å². The first kappa shape index (κ1) is 14.3. The van der Waals surface area contributed by atoms with Gasteiger partial charge in [0.1, 0.15) is 0 Å². The Morgan fingerprint density at radius 3 is 1.37 bits per heavy atom. The van der Waals surface area contributed by atoms with Crippen LogP contribution in [0.4, 0.5) is 0 Å². The second-order valence-corrected chi connectivity index (χ2v) is 10.4. The molecule has 2 nitrogen and oxygen atoms in total. The van der Waals surface area contributed by atoms with Crippen molar-refractivity contribution in [2.24, 2.45) is 0 Å². The molecule has 0 amide bonds. The van der Waals surface area contributed by atoms with Crippen LogP contribution in [0.2, 0.25) is 0 Å². The molecule has 0 radical (unpaired) electrons. The van der Waals surface area contributed by atoms with Crippen molar-refractivity contribution in [3.05, 3.63) is 60.7 Å². The van der Waals surface area contributed by atoms with E-state index < -0.39 is 13.9 Å². The van der Waals surface area contributed by atoms with Crippen LogP contribution in [-0.4, -0.2) is 27.2 Å². The average Bonchev–Trinajstić information content (AvgIpc) is 2.49. The van der Waals surface area contributed by atoms with Crippen molar-refractivity contribution < 1.29 is 7.53 Å². The average molecular weight is 317 g/mol. The van der Waals surface area contributed by atoms with Crippen LogP contribution in [0.15, 0.2) is 60.7 Å². The molecule has 2 rings (SSSR count). The van der Waals surface area contributed by atoms with Crippen molar-refractivity contribution >= 4 is 22.7 Å². The Hall–Kier alpha value is -1.10. The van der Waals surface area contributed by atoms with Gasteiger partial charge in [-0.2, -0.15) is 0 Å². The molecule has 0 saturated carbocycles. The standard InChI is InChI=1S/C16H20GeO2/c1-3-18-17(19-4-2,15-11-7-5-8-12-15)16-13-9-6-10-14-16/h5-14H,3-4H2,1-2H3. The third kappa shape index (κ3) is 3.08. The fourth-order valence-corrected chi connectivity index (χ4v) is 8.89. The fraction of sp³-hybridized carbons (Fsp3) is 0.250. The molecule has 0 bridgehead atoms. The molecule has 0 spiro atoms. The summed E-state index contributed by atoms with van der Waals surface area (Å²) in [6.07, 6.45) is 0. The summed E-state index contributed by atoms with van der Waals surface area (Å²) in [5.74, 6) is 0. The summed E-state index contributed by atoms with van der Waals surface area (Å²) in [6, 6.07) is 20.8. The van der Waals surface area contributed by atoms with E-state index in [-0.39, 0.29) is 0 Å². The molecule has 2 aromatic rings. The van der Waals surface area contributed by atoms with E-state index in [0.29, 0.717) is 13.2 Å². The van der Waals surface area contributed by atoms with Gasteiger partial charge in [0, 0.05) is 0 Å². The molecule has 0 aromatic heterocycles. The first-order chi connectivity index (χ1) is 9.33. The summed E-state index contributed by atoms with van der Waals surface area (Å²) in [7, 11) is 0. The fourth-order valence-electron chi connectivity index (χ4n) is 2.26. The maximum absolute atomic E-state index is 6.21. The van der Waals surface area contributed by atoms with Crippen LogP contribution in [0, 0.1) is 0 Å². The zero-order chi connectivity index (χ0) is 13.6. The monoisotopic (exact) mass is 318 g/mol. The van der Waals surface area contributed by atoms with Crippen LogP contribution in [0.5, 0.6) is 0 Å². The van der Waals surface area contributed by atoms with E-state index in [1.165, 1.54) is 8.79 Å². The normalized spacial score (nSPS) is 11.5. The van der Waals surface area contributed by atoms with Gasteiger partial charge in [-0.1, -0.05) is 0 Å². The summed E-state index contributed by atoms with van der Waals surface area (Å²) in [6.45, 7) is 5.41. The van der Waals surface area contributed by atoms with E-state index in [1.807, 2.05) is 26.0 Å². The van der Waals surface area contributed by atoms with Crippen LogP contribution >= 0.6 is 0 Å². The second kappa shape index (κ2) is 6.89. The van der Waals surface area contributed by atoms with E-state index in [0.717, 1.165) is 0 Å². The van der Waals surface area contributed by atoms with Gasteiger partial charge in [-0.25, -0.2) is 0 Å². The van der Waals surface area contributed by atoms with Gasteiger partial charge in [-0.3, -0.25) is 0 Å². The topological polar surface area (TPSA) is 18.5 Å². The van der Waals surface area contributed by atoms with E-state index in [9.17, 15) is 0 Å². The zero-order valence-electron chi connectivity index (χ0n) is 11.5.